The summed E-state index contributed by atoms with van der Waals surface area (Å²) in [5, 5.41) is 0. The van der Waals surface area contributed by atoms with E-state index in [1.807, 2.05) is 53.4 Å². The molecule has 5 nitrogen and oxygen atoms in total. The molecule has 1 saturated heterocycles. The molecule has 1 aliphatic rings. The number of piperazine rings is 1. The highest BCUT2D eigenvalue weighted by Crippen LogP contribution is 2.16. The van der Waals surface area contributed by atoms with Gasteiger partial charge in [0.15, 0.2) is 0 Å². The second-order valence-corrected chi connectivity index (χ2v) is 6.56. The van der Waals surface area contributed by atoms with E-state index >= 15 is 0 Å². The highest BCUT2D eigenvalue weighted by atomic mass is 16.2. The van der Waals surface area contributed by atoms with Crippen LogP contribution in [-0.4, -0.2) is 47.0 Å². The fourth-order valence-electron chi connectivity index (χ4n) is 3.20. The quantitative estimate of drug-likeness (QED) is 0.653. The first kappa shape index (κ1) is 17.7. The molecule has 28 heavy (non-hydrogen) atoms. The van der Waals surface area contributed by atoms with Crippen LogP contribution in [0.15, 0.2) is 73.3 Å². The van der Waals surface area contributed by atoms with Gasteiger partial charge >= 0.3 is 0 Å². The van der Waals surface area contributed by atoms with E-state index in [1.54, 1.807) is 24.8 Å². The Hall–Kier alpha value is -3.65. The first-order valence-electron chi connectivity index (χ1n) is 9.26. The van der Waals surface area contributed by atoms with Gasteiger partial charge in [0.2, 0.25) is 0 Å². The van der Waals surface area contributed by atoms with Gasteiger partial charge < -0.3 is 9.80 Å². The standard InChI is InChI=1S/C23H20N4O/c28-23(27-14-12-26(13-15-27)22-8-10-24-11-9-22)21-16-20(17-25-18-21)7-6-19-4-2-1-3-5-19/h1-5,8-11,16-18H,12-15H2. The number of pyridine rings is 2. The van der Waals surface area contributed by atoms with E-state index in [4.69, 9.17) is 0 Å². The molecule has 0 spiro atoms. The highest BCUT2D eigenvalue weighted by Gasteiger charge is 2.22. The number of carbonyl (C=O) groups is 1. The number of aromatic nitrogens is 2. The van der Waals surface area contributed by atoms with E-state index in [0.717, 1.165) is 29.9 Å². The Morgan fingerprint density at radius 3 is 2.29 bits per heavy atom. The van der Waals surface area contributed by atoms with Gasteiger partial charge in [0.25, 0.3) is 5.91 Å². The smallest absolute Gasteiger partial charge is 0.255 e. The van der Waals surface area contributed by atoms with E-state index < -0.39 is 0 Å². The molecule has 138 valence electrons. The summed E-state index contributed by atoms with van der Waals surface area (Å²) >= 11 is 0. The fourth-order valence-corrected chi connectivity index (χ4v) is 3.20. The zero-order valence-corrected chi connectivity index (χ0v) is 15.5. The minimum Gasteiger partial charge on any atom is -0.368 e. The van der Waals surface area contributed by atoms with Gasteiger partial charge in [0.05, 0.1) is 5.56 Å². The number of amides is 1. The highest BCUT2D eigenvalue weighted by molar-refractivity contribution is 5.94. The van der Waals surface area contributed by atoms with Crippen molar-refractivity contribution in [2.75, 3.05) is 31.1 Å². The van der Waals surface area contributed by atoms with Gasteiger partial charge in [-0.05, 0) is 30.3 Å². The number of carbonyl (C=O) groups excluding carboxylic acids is 1. The number of benzene rings is 1. The molecule has 1 amide bonds. The molecule has 5 heteroatoms. The number of rotatable bonds is 2. The summed E-state index contributed by atoms with van der Waals surface area (Å²) in [5.74, 6) is 6.20. The predicted octanol–water partition coefficient (Wildman–Crippen LogP) is 2.84. The Balaban J connectivity index is 1.42. The summed E-state index contributed by atoms with van der Waals surface area (Å²) in [6, 6.07) is 15.6. The van der Waals surface area contributed by atoms with Crippen molar-refractivity contribution in [1.29, 1.82) is 0 Å². The molecular weight excluding hydrogens is 348 g/mol. The van der Waals surface area contributed by atoms with Gasteiger partial charge in [-0.2, -0.15) is 0 Å². The summed E-state index contributed by atoms with van der Waals surface area (Å²) in [7, 11) is 0. The van der Waals surface area contributed by atoms with Crippen molar-refractivity contribution in [2.45, 2.75) is 0 Å². The number of anilines is 1. The van der Waals surface area contributed by atoms with Gasteiger partial charge in [-0.1, -0.05) is 30.0 Å². The normalized spacial score (nSPS) is 13.6. The van der Waals surface area contributed by atoms with Gasteiger partial charge in [0, 0.05) is 67.8 Å². The summed E-state index contributed by atoms with van der Waals surface area (Å²) in [4.78, 5) is 25.3. The monoisotopic (exact) mass is 368 g/mol. The maximum absolute atomic E-state index is 12.9. The zero-order chi connectivity index (χ0) is 19.2. The first-order chi connectivity index (χ1) is 13.8. The average molecular weight is 368 g/mol. The Labute approximate surface area is 164 Å². The largest absolute Gasteiger partial charge is 0.368 e. The van der Waals surface area contributed by atoms with E-state index in [2.05, 4.69) is 26.7 Å². The Kier molecular flexibility index (Phi) is 5.30. The molecule has 0 unspecified atom stereocenters. The maximum atomic E-state index is 12.9. The molecule has 1 aromatic carbocycles. The van der Waals surface area contributed by atoms with Crippen LogP contribution in [0.25, 0.3) is 0 Å². The lowest BCUT2D eigenvalue weighted by Crippen LogP contribution is -2.48. The van der Waals surface area contributed by atoms with E-state index in [0.29, 0.717) is 18.7 Å². The molecule has 3 aromatic rings. The second kappa shape index (κ2) is 8.36. The molecule has 2 aromatic heterocycles. The van der Waals surface area contributed by atoms with Gasteiger partial charge in [-0.15, -0.1) is 0 Å². The Morgan fingerprint density at radius 2 is 1.54 bits per heavy atom. The summed E-state index contributed by atoms with van der Waals surface area (Å²) < 4.78 is 0. The van der Waals surface area contributed by atoms with Crippen molar-refractivity contribution in [1.82, 2.24) is 14.9 Å². The van der Waals surface area contributed by atoms with E-state index in [1.165, 1.54) is 0 Å². The van der Waals surface area contributed by atoms with Crippen LogP contribution >= 0.6 is 0 Å². The first-order valence-corrected chi connectivity index (χ1v) is 9.26. The van der Waals surface area contributed by atoms with Gasteiger partial charge in [0.1, 0.15) is 0 Å². The molecule has 1 aliphatic heterocycles. The summed E-state index contributed by atoms with van der Waals surface area (Å²) in [6.07, 6.45) is 6.89. The molecule has 0 aliphatic carbocycles. The molecule has 4 rings (SSSR count). The van der Waals surface area contributed by atoms with E-state index in [9.17, 15) is 4.79 Å². The molecule has 0 N–H and O–H groups in total. The van der Waals surface area contributed by atoms with Crippen molar-refractivity contribution in [3.05, 3.63) is 90.0 Å². The molecule has 0 atom stereocenters. The second-order valence-electron chi connectivity index (χ2n) is 6.56. The van der Waals surface area contributed by atoms with Crippen molar-refractivity contribution >= 4 is 11.6 Å². The van der Waals surface area contributed by atoms with Crippen LogP contribution in [0.5, 0.6) is 0 Å². The maximum Gasteiger partial charge on any atom is 0.255 e. The van der Waals surface area contributed by atoms with Crippen molar-refractivity contribution in [3.8, 4) is 11.8 Å². The summed E-state index contributed by atoms with van der Waals surface area (Å²) in [5.41, 5.74) is 3.40. The van der Waals surface area contributed by atoms with Crippen LogP contribution in [0.4, 0.5) is 5.69 Å². The number of nitrogens with zero attached hydrogens (tertiary/aromatic N) is 4. The predicted molar refractivity (Wildman–Crippen MR) is 109 cm³/mol. The van der Waals surface area contributed by atoms with Crippen LogP contribution in [0.1, 0.15) is 21.5 Å². The van der Waals surface area contributed by atoms with Crippen molar-refractivity contribution < 1.29 is 4.79 Å². The number of hydrogen-bond acceptors (Lipinski definition) is 4. The summed E-state index contributed by atoms with van der Waals surface area (Å²) in [6.45, 7) is 2.97. The van der Waals surface area contributed by atoms with Gasteiger partial charge in [-0.25, -0.2) is 0 Å². The zero-order valence-electron chi connectivity index (χ0n) is 15.5. The Bertz CT molecular complexity index is 1000. The molecule has 0 radical (unpaired) electrons. The van der Waals surface area contributed by atoms with Crippen molar-refractivity contribution in [2.24, 2.45) is 0 Å². The third kappa shape index (κ3) is 4.18. The molecule has 3 heterocycles. The third-order valence-electron chi connectivity index (χ3n) is 4.70. The molecule has 0 bridgehead atoms. The van der Waals surface area contributed by atoms with Crippen LogP contribution in [0, 0.1) is 11.8 Å². The molecular formula is C23H20N4O. The topological polar surface area (TPSA) is 49.3 Å². The lowest BCUT2D eigenvalue weighted by Gasteiger charge is -2.36. The number of hydrogen-bond donors (Lipinski definition) is 0. The SMILES string of the molecule is O=C(c1cncc(C#Cc2ccccc2)c1)N1CCN(c2ccncc2)CC1. The minimum absolute atomic E-state index is 0.00485. The minimum atomic E-state index is 0.00485. The van der Waals surface area contributed by atoms with Crippen LogP contribution in [0.2, 0.25) is 0 Å². The van der Waals surface area contributed by atoms with Gasteiger partial charge in [-0.3, -0.25) is 14.8 Å². The van der Waals surface area contributed by atoms with E-state index in [-0.39, 0.29) is 5.91 Å². The average Bonchev–Trinajstić information content (AvgIpc) is 2.79. The van der Waals surface area contributed by atoms with Crippen LogP contribution < -0.4 is 4.90 Å². The fraction of sp³-hybridized carbons (Fsp3) is 0.174. The van der Waals surface area contributed by atoms with Crippen molar-refractivity contribution in [3.63, 3.8) is 0 Å². The molecule has 0 saturated carbocycles. The molecule has 1 fully saturated rings. The third-order valence-corrected chi connectivity index (χ3v) is 4.70. The van der Waals surface area contributed by atoms with Crippen LogP contribution in [-0.2, 0) is 0 Å². The Morgan fingerprint density at radius 1 is 0.821 bits per heavy atom. The van der Waals surface area contributed by atoms with Crippen LogP contribution in [0.3, 0.4) is 0 Å². The lowest BCUT2D eigenvalue weighted by atomic mass is 10.1. The lowest BCUT2D eigenvalue weighted by molar-refractivity contribution is 0.0746.